The molecule has 0 spiro atoms. The van der Waals surface area contributed by atoms with Crippen LogP contribution in [0.5, 0.6) is 0 Å². The Balaban J connectivity index is 1.73. The Labute approximate surface area is 124 Å². The van der Waals surface area contributed by atoms with Gasteiger partial charge in [-0.05, 0) is 38.0 Å². The molecule has 2 N–H and O–H groups in total. The van der Waals surface area contributed by atoms with Crippen molar-refractivity contribution < 1.29 is 9.90 Å². The molecule has 0 radical (unpaired) electrons. The summed E-state index contributed by atoms with van der Waals surface area (Å²) < 4.78 is 0. The SMILES string of the molecule is CC1(O)CCN(CCC(=O)Nc2cccc(Cl)c2)CC1. The van der Waals surface area contributed by atoms with Crippen molar-refractivity contribution in [2.75, 3.05) is 25.0 Å². The maximum Gasteiger partial charge on any atom is 0.225 e. The van der Waals surface area contributed by atoms with Crippen molar-refractivity contribution in [1.29, 1.82) is 0 Å². The lowest BCUT2D eigenvalue weighted by Crippen LogP contribution is -2.43. The van der Waals surface area contributed by atoms with Crippen molar-refractivity contribution in [2.45, 2.75) is 31.8 Å². The van der Waals surface area contributed by atoms with Crippen LogP contribution in [0.4, 0.5) is 5.69 Å². The summed E-state index contributed by atoms with van der Waals surface area (Å²) in [6.07, 6.45) is 1.99. The molecule has 2 rings (SSSR count). The zero-order chi connectivity index (χ0) is 14.6. The van der Waals surface area contributed by atoms with Crippen LogP contribution in [-0.4, -0.2) is 41.1 Å². The van der Waals surface area contributed by atoms with Gasteiger partial charge in [0.05, 0.1) is 5.60 Å². The highest BCUT2D eigenvalue weighted by Crippen LogP contribution is 2.21. The summed E-state index contributed by atoms with van der Waals surface area (Å²) in [7, 11) is 0. The minimum Gasteiger partial charge on any atom is -0.390 e. The minimum atomic E-state index is -0.542. The standard InChI is InChI=1S/C15H21ClN2O2/c1-15(20)6-9-18(10-7-15)8-5-14(19)17-13-4-2-3-12(16)11-13/h2-4,11,20H,5-10H2,1H3,(H,17,19). The molecule has 1 saturated heterocycles. The van der Waals surface area contributed by atoms with Crippen LogP contribution < -0.4 is 5.32 Å². The molecule has 110 valence electrons. The number of likely N-dealkylation sites (tertiary alicyclic amines) is 1. The lowest BCUT2D eigenvalue weighted by molar-refractivity contribution is -0.116. The molecule has 0 unspecified atom stereocenters. The molecule has 1 aromatic rings. The number of nitrogens with one attached hydrogen (secondary N) is 1. The van der Waals surface area contributed by atoms with Gasteiger partial charge in [0.2, 0.25) is 5.91 Å². The summed E-state index contributed by atoms with van der Waals surface area (Å²) in [5.74, 6) is -0.00963. The zero-order valence-corrected chi connectivity index (χ0v) is 12.5. The van der Waals surface area contributed by atoms with Crippen LogP contribution in [0.3, 0.4) is 0 Å². The second-order valence-electron chi connectivity index (χ2n) is 5.65. The second kappa shape index (κ2) is 6.57. The minimum absolute atomic E-state index is 0.00963. The maximum atomic E-state index is 11.9. The van der Waals surface area contributed by atoms with E-state index in [1.807, 2.05) is 19.1 Å². The van der Waals surface area contributed by atoms with Crippen LogP contribution in [0.15, 0.2) is 24.3 Å². The molecule has 5 heteroatoms. The van der Waals surface area contributed by atoms with Gasteiger partial charge in [-0.25, -0.2) is 0 Å². The van der Waals surface area contributed by atoms with Crippen LogP contribution in [0.1, 0.15) is 26.2 Å². The number of carbonyl (C=O) groups is 1. The van der Waals surface area contributed by atoms with Crippen LogP contribution in [0.2, 0.25) is 5.02 Å². The molecule has 1 aliphatic rings. The number of carbonyl (C=O) groups excluding carboxylic acids is 1. The van der Waals surface area contributed by atoms with E-state index in [-0.39, 0.29) is 5.91 Å². The van der Waals surface area contributed by atoms with Gasteiger partial charge in [-0.15, -0.1) is 0 Å². The number of anilines is 1. The number of rotatable bonds is 4. The number of hydrogen-bond acceptors (Lipinski definition) is 3. The topological polar surface area (TPSA) is 52.6 Å². The lowest BCUT2D eigenvalue weighted by atomic mass is 9.94. The first kappa shape index (κ1) is 15.3. The number of hydrogen-bond donors (Lipinski definition) is 2. The normalized spacial score (nSPS) is 18.8. The van der Waals surface area contributed by atoms with E-state index in [1.54, 1.807) is 12.1 Å². The van der Waals surface area contributed by atoms with Crippen LogP contribution in [0, 0.1) is 0 Å². The van der Waals surface area contributed by atoms with Crippen LogP contribution >= 0.6 is 11.6 Å². The molecule has 1 heterocycles. The Morgan fingerprint density at radius 1 is 1.45 bits per heavy atom. The summed E-state index contributed by atoms with van der Waals surface area (Å²) in [5.41, 5.74) is 0.184. The highest BCUT2D eigenvalue weighted by molar-refractivity contribution is 6.30. The van der Waals surface area contributed by atoms with Gasteiger partial charge in [-0.2, -0.15) is 0 Å². The second-order valence-corrected chi connectivity index (χ2v) is 6.08. The highest BCUT2D eigenvalue weighted by atomic mass is 35.5. The van der Waals surface area contributed by atoms with Crippen molar-refractivity contribution in [3.05, 3.63) is 29.3 Å². The predicted molar refractivity (Wildman–Crippen MR) is 81.0 cm³/mol. The first-order chi connectivity index (χ1) is 9.44. The summed E-state index contributed by atoms with van der Waals surface area (Å²) in [5, 5.41) is 13.3. The van der Waals surface area contributed by atoms with Crippen LogP contribution in [0.25, 0.3) is 0 Å². The van der Waals surface area contributed by atoms with E-state index in [1.165, 1.54) is 0 Å². The largest absolute Gasteiger partial charge is 0.390 e. The Morgan fingerprint density at radius 2 is 2.15 bits per heavy atom. The van der Waals surface area contributed by atoms with Crippen LogP contribution in [-0.2, 0) is 4.79 Å². The third-order valence-corrected chi connectivity index (χ3v) is 3.93. The Bertz CT molecular complexity index is 467. The zero-order valence-electron chi connectivity index (χ0n) is 11.7. The first-order valence-electron chi connectivity index (χ1n) is 6.95. The molecule has 4 nitrogen and oxygen atoms in total. The van der Waals surface area contributed by atoms with Gasteiger partial charge in [0, 0.05) is 36.8 Å². The smallest absolute Gasteiger partial charge is 0.225 e. The fourth-order valence-electron chi connectivity index (χ4n) is 2.31. The van der Waals surface area contributed by atoms with Gasteiger partial charge >= 0.3 is 0 Å². The summed E-state index contributed by atoms with van der Waals surface area (Å²) in [6.45, 7) is 4.29. The van der Waals surface area contributed by atoms with Gasteiger partial charge in [0.1, 0.15) is 0 Å². The molecule has 0 saturated carbocycles. The molecule has 1 fully saturated rings. The predicted octanol–water partition coefficient (Wildman–Crippen LogP) is 2.52. The quantitative estimate of drug-likeness (QED) is 0.898. The Kier molecular flexibility index (Phi) is 5.02. The maximum absolute atomic E-state index is 11.9. The van der Waals surface area contributed by atoms with Crippen molar-refractivity contribution in [3.8, 4) is 0 Å². The van der Waals surface area contributed by atoms with Crippen molar-refractivity contribution in [1.82, 2.24) is 4.90 Å². The molecule has 1 amide bonds. The molecule has 20 heavy (non-hydrogen) atoms. The molecule has 0 aliphatic carbocycles. The van der Waals surface area contributed by atoms with E-state index >= 15 is 0 Å². The average molecular weight is 297 g/mol. The fourth-order valence-corrected chi connectivity index (χ4v) is 2.50. The lowest BCUT2D eigenvalue weighted by Gasteiger charge is -2.35. The number of piperidine rings is 1. The third kappa shape index (κ3) is 4.78. The first-order valence-corrected chi connectivity index (χ1v) is 7.33. The summed E-state index contributed by atoms with van der Waals surface area (Å²) in [6, 6.07) is 7.14. The fraction of sp³-hybridized carbons (Fsp3) is 0.533. The van der Waals surface area contributed by atoms with Gasteiger partial charge < -0.3 is 15.3 Å². The number of aliphatic hydroxyl groups is 1. The molecule has 0 bridgehead atoms. The molecular formula is C15H21ClN2O2. The number of halogens is 1. The van der Waals surface area contributed by atoms with Gasteiger partial charge in [-0.1, -0.05) is 17.7 Å². The Hall–Kier alpha value is -1.10. The summed E-state index contributed by atoms with van der Waals surface area (Å²) in [4.78, 5) is 14.1. The number of benzene rings is 1. The van der Waals surface area contributed by atoms with E-state index in [4.69, 9.17) is 11.6 Å². The average Bonchev–Trinajstić information content (AvgIpc) is 2.37. The molecule has 1 aromatic carbocycles. The van der Waals surface area contributed by atoms with E-state index < -0.39 is 5.60 Å². The van der Waals surface area contributed by atoms with E-state index in [2.05, 4.69) is 10.2 Å². The van der Waals surface area contributed by atoms with Crippen molar-refractivity contribution in [2.24, 2.45) is 0 Å². The Morgan fingerprint density at radius 3 is 2.80 bits per heavy atom. The molecule has 0 atom stereocenters. The number of amides is 1. The molecule has 1 aliphatic heterocycles. The summed E-state index contributed by atoms with van der Waals surface area (Å²) >= 11 is 5.87. The van der Waals surface area contributed by atoms with Gasteiger partial charge in [0.25, 0.3) is 0 Å². The van der Waals surface area contributed by atoms with E-state index in [0.29, 0.717) is 11.4 Å². The van der Waals surface area contributed by atoms with Crippen molar-refractivity contribution >= 4 is 23.2 Å². The van der Waals surface area contributed by atoms with E-state index in [0.717, 1.165) is 38.2 Å². The monoisotopic (exact) mass is 296 g/mol. The van der Waals surface area contributed by atoms with Gasteiger partial charge in [0.15, 0.2) is 0 Å². The number of nitrogens with zero attached hydrogens (tertiary/aromatic N) is 1. The molecular weight excluding hydrogens is 276 g/mol. The van der Waals surface area contributed by atoms with Crippen molar-refractivity contribution in [3.63, 3.8) is 0 Å². The van der Waals surface area contributed by atoms with Gasteiger partial charge in [-0.3, -0.25) is 4.79 Å². The molecule has 0 aromatic heterocycles. The van der Waals surface area contributed by atoms with E-state index in [9.17, 15) is 9.90 Å². The third-order valence-electron chi connectivity index (χ3n) is 3.70. The highest BCUT2D eigenvalue weighted by Gasteiger charge is 2.27.